The molecule has 1 aromatic heterocycles. The molecule has 3 rings (SSSR count). The van der Waals surface area contributed by atoms with Gasteiger partial charge in [0.1, 0.15) is 29.0 Å². The molecule has 7 nitrogen and oxygen atoms in total. The number of halogens is 2. The van der Waals surface area contributed by atoms with Gasteiger partial charge in [0, 0.05) is 6.54 Å². The number of carbonyl (C=O) groups excluding carboxylic acids is 1. The zero-order chi connectivity index (χ0) is 21.5. The van der Waals surface area contributed by atoms with Gasteiger partial charge in [0.25, 0.3) is 5.91 Å². The van der Waals surface area contributed by atoms with Gasteiger partial charge >= 0.3 is 0 Å². The number of nitriles is 1. The first-order chi connectivity index (χ1) is 14.5. The van der Waals surface area contributed by atoms with Crippen molar-refractivity contribution in [1.29, 1.82) is 5.26 Å². The Labute approximate surface area is 177 Å². The van der Waals surface area contributed by atoms with Crippen molar-refractivity contribution in [2.75, 3.05) is 18.9 Å². The molecule has 0 aliphatic carbocycles. The van der Waals surface area contributed by atoms with Gasteiger partial charge in [-0.25, -0.2) is 9.07 Å². The van der Waals surface area contributed by atoms with Crippen molar-refractivity contribution in [3.63, 3.8) is 0 Å². The minimum absolute atomic E-state index is 0.153. The summed E-state index contributed by atoms with van der Waals surface area (Å²) in [5.74, 6) is -0.0303. The number of nitrogen functional groups attached to an aromatic ring is 1. The first-order valence-corrected chi connectivity index (χ1v) is 9.55. The van der Waals surface area contributed by atoms with Crippen molar-refractivity contribution in [3.8, 4) is 17.5 Å². The van der Waals surface area contributed by atoms with Crippen LogP contribution in [0.5, 0.6) is 5.75 Å². The highest BCUT2D eigenvalue weighted by atomic mass is 35.5. The summed E-state index contributed by atoms with van der Waals surface area (Å²) in [4.78, 5) is 11.9. The van der Waals surface area contributed by atoms with Gasteiger partial charge in [-0.3, -0.25) is 4.79 Å². The number of amides is 1. The fourth-order valence-corrected chi connectivity index (χ4v) is 2.98. The van der Waals surface area contributed by atoms with Gasteiger partial charge in [-0.1, -0.05) is 23.7 Å². The van der Waals surface area contributed by atoms with Crippen LogP contribution in [0.25, 0.3) is 5.69 Å². The Morgan fingerprint density at radius 3 is 2.70 bits per heavy atom. The molecule has 0 fully saturated rings. The molecule has 3 aromatic rings. The SMILES string of the molecule is N#Cc1c(CCCNC(=O)COc2ccccc2Cl)nn(-c2ccc(F)cc2)c1N. The van der Waals surface area contributed by atoms with Crippen LogP contribution < -0.4 is 15.8 Å². The fourth-order valence-electron chi connectivity index (χ4n) is 2.79. The first kappa shape index (κ1) is 21.1. The molecule has 0 spiro atoms. The van der Waals surface area contributed by atoms with E-state index < -0.39 is 0 Å². The molecule has 0 saturated carbocycles. The fraction of sp³-hybridized carbons (Fsp3) is 0.190. The number of aryl methyl sites for hydroxylation is 1. The van der Waals surface area contributed by atoms with Gasteiger partial charge in [0.15, 0.2) is 6.61 Å². The minimum atomic E-state index is -0.375. The van der Waals surface area contributed by atoms with Gasteiger partial charge in [-0.2, -0.15) is 10.4 Å². The molecule has 0 aliphatic rings. The highest BCUT2D eigenvalue weighted by Gasteiger charge is 2.16. The van der Waals surface area contributed by atoms with Crippen LogP contribution in [0.1, 0.15) is 17.7 Å². The molecule has 154 valence electrons. The number of anilines is 1. The van der Waals surface area contributed by atoms with Crippen LogP contribution in [-0.2, 0) is 11.2 Å². The summed E-state index contributed by atoms with van der Waals surface area (Å²) < 4.78 is 19.9. The predicted molar refractivity (Wildman–Crippen MR) is 111 cm³/mol. The van der Waals surface area contributed by atoms with Crippen LogP contribution in [-0.4, -0.2) is 28.8 Å². The van der Waals surface area contributed by atoms with Gasteiger partial charge in [-0.15, -0.1) is 0 Å². The molecule has 2 aromatic carbocycles. The molecule has 1 amide bonds. The highest BCUT2D eigenvalue weighted by molar-refractivity contribution is 6.32. The number of nitrogens with zero attached hydrogens (tertiary/aromatic N) is 3. The van der Waals surface area contributed by atoms with E-state index in [0.29, 0.717) is 41.5 Å². The average molecular weight is 428 g/mol. The molecule has 0 radical (unpaired) electrons. The molecule has 3 N–H and O–H groups in total. The van der Waals surface area contributed by atoms with Gasteiger partial charge in [0.05, 0.1) is 16.4 Å². The smallest absolute Gasteiger partial charge is 0.257 e. The van der Waals surface area contributed by atoms with Crippen LogP contribution in [0.15, 0.2) is 48.5 Å². The van der Waals surface area contributed by atoms with Gasteiger partial charge < -0.3 is 15.8 Å². The maximum Gasteiger partial charge on any atom is 0.257 e. The number of para-hydroxylation sites is 1. The Balaban J connectivity index is 1.53. The maximum absolute atomic E-state index is 13.1. The van der Waals surface area contributed by atoms with Crippen LogP contribution in [0.2, 0.25) is 5.02 Å². The van der Waals surface area contributed by atoms with E-state index in [1.165, 1.54) is 28.9 Å². The molecule has 30 heavy (non-hydrogen) atoms. The third-order valence-electron chi connectivity index (χ3n) is 4.28. The molecule has 0 saturated heterocycles. The number of hydrogen-bond donors (Lipinski definition) is 2. The first-order valence-electron chi connectivity index (χ1n) is 9.17. The van der Waals surface area contributed by atoms with Crippen LogP contribution in [0.3, 0.4) is 0 Å². The second-order valence-electron chi connectivity index (χ2n) is 6.38. The molecule has 1 heterocycles. The Kier molecular flexibility index (Phi) is 6.88. The van der Waals surface area contributed by atoms with E-state index in [2.05, 4.69) is 16.5 Å². The van der Waals surface area contributed by atoms with E-state index in [1.54, 1.807) is 24.3 Å². The van der Waals surface area contributed by atoms with Crippen LogP contribution in [0.4, 0.5) is 10.2 Å². The van der Waals surface area contributed by atoms with E-state index in [1.807, 2.05) is 0 Å². The van der Waals surface area contributed by atoms with Crippen molar-refractivity contribution in [2.45, 2.75) is 12.8 Å². The monoisotopic (exact) mass is 427 g/mol. The van der Waals surface area contributed by atoms with Crippen molar-refractivity contribution < 1.29 is 13.9 Å². The molecule has 0 atom stereocenters. The van der Waals surface area contributed by atoms with Crippen LogP contribution in [0, 0.1) is 17.1 Å². The van der Waals surface area contributed by atoms with Crippen LogP contribution >= 0.6 is 11.6 Å². The Morgan fingerprint density at radius 1 is 1.27 bits per heavy atom. The lowest BCUT2D eigenvalue weighted by Crippen LogP contribution is -2.30. The third kappa shape index (κ3) is 5.07. The standard InChI is InChI=1S/C21H19ClFN5O2/c22-17-4-1-2-6-19(17)30-13-20(29)26-11-3-5-18-16(12-24)21(25)28(27-18)15-9-7-14(23)8-10-15/h1-2,4,6-10H,3,5,11,13,25H2,(H,26,29). The van der Waals surface area contributed by atoms with Crippen molar-refractivity contribution in [1.82, 2.24) is 15.1 Å². The van der Waals surface area contributed by atoms with E-state index >= 15 is 0 Å². The molecular weight excluding hydrogens is 409 g/mol. The molecule has 9 heteroatoms. The number of ether oxygens (including phenoxy) is 1. The lowest BCUT2D eigenvalue weighted by atomic mass is 10.1. The number of carbonyl (C=O) groups is 1. The number of nitrogens with one attached hydrogen (secondary N) is 1. The zero-order valence-electron chi connectivity index (χ0n) is 15.9. The minimum Gasteiger partial charge on any atom is -0.482 e. The van der Waals surface area contributed by atoms with Gasteiger partial charge in [0.2, 0.25) is 0 Å². The zero-order valence-corrected chi connectivity index (χ0v) is 16.7. The summed E-state index contributed by atoms with van der Waals surface area (Å²) in [6.07, 6.45) is 0.985. The lowest BCUT2D eigenvalue weighted by Gasteiger charge is -2.08. The van der Waals surface area contributed by atoms with E-state index in [4.69, 9.17) is 22.1 Å². The molecule has 0 unspecified atom stereocenters. The predicted octanol–water partition coefficient (Wildman–Crippen LogP) is 3.25. The number of aromatic nitrogens is 2. The number of nitrogens with two attached hydrogens (primary N) is 1. The topological polar surface area (TPSA) is 106 Å². The normalized spacial score (nSPS) is 10.4. The summed E-state index contributed by atoms with van der Waals surface area (Å²) >= 11 is 5.98. The second-order valence-corrected chi connectivity index (χ2v) is 6.79. The average Bonchev–Trinajstić information content (AvgIpc) is 3.06. The summed E-state index contributed by atoms with van der Waals surface area (Å²) in [7, 11) is 0. The van der Waals surface area contributed by atoms with E-state index in [-0.39, 0.29) is 29.7 Å². The van der Waals surface area contributed by atoms with Crippen molar-refractivity contribution in [3.05, 3.63) is 70.6 Å². The maximum atomic E-state index is 13.1. The largest absolute Gasteiger partial charge is 0.482 e. The van der Waals surface area contributed by atoms with Gasteiger partial charge in [-0.05, 0) is 49.2 Å². The van der Waals surface area contributed by atoms with E-state index in [9.17, 15) is 14.4 Å². The Bertz CT molecular complexity index is 1080. The number of benzene rings is 2. The summed E-state index contributed by atoms with van der Waals surface area (Å²) in [6.45, 7) is 0.220. The van der Waals surface area contributed by atoms with Crippen molar-refractivity contribution in [2.24, 2.45) is 0 Å². The molecular formula is C21H19ClFN5O2. The Morgan fingerprint density at radius 2 is 2.00 bits per heavy atom. The van der Waals surface area contributed by atoms with E-state index in [0.717, 1.165) is 0 Å². The molecule has 0 aliphatic heterocycles. The summed E-state index contributed by atoms with van der Waals surface area (Å²) in [5.41, 5.74) is 7.37. The van der Waals surface area contributed by atoms with Crippen molar-refractivity contribution >= 4 is 23.3 Å². The molecule has 0 bridgehead atoms. The highest BCUT2D eigenvalue weighted by Crippen LogP contribution is 2.23. The summed E-state index contributed by atoms with van der Waals surface area (Å²) in [5, 5.41) is 17.0. The second kappa shape index (κ2) is 9.76. The number of rotatable bonds is 8. The Hall–Kier alpha value is -3.57. The lowest BCUT2D eigenvalue weighted by molar-refractivity contribution is -0.123. The summed E-state index contributed by atoms with van der Waals surface area (Å²) in [6, 6.07) is 14.6. The number of hydrogen-bond acceptors (Lipinski definition) is 5. The third-order valence-corrected chi connectivity index (χ3v) is 4.60. The quantitative estimate of drug-likeness (QED) is 0.537.